The van der Waals surface area contributed by atoms with Crippen LogP contribution in [0.25, 0.3) is 0 Å². The molecule has 0 atom stereocenters. The Morgan fingerprint density at radius 3 is 2.17 bits per heavy atom. The SMILES string of the molecule is COc1cccc(OC)c1C(=O)c1ccc(Br)s1. The van der Waals surface area contributed by atoms with Crippen molar-refractivity contribution in [3.8, 4) is 11.5 Å². The van der Waals surface area contributed by atoms with E-state index < -0.39 is 0 Å². The van der Waals surface area contributed by atoms with Crippen LogP contribution >= 0.6 is 27.3 Å². The van der Waals surface area contributed by atoms with Crippen molar-refractivity contribution in [2.24, 2.45) is 0 Å². The summed E-state index contributed by atoms with van der Waals surface area (Å²) >= 11 is 4.73. The molecule has 0 bridgehead atoms. The normalized spacial score (nSPS) is 10.2. The number of thiophene rings is 1. The quantitative estimate of drug-likeness (QED) is 0.802. The second-order valence-corrected chi connectivity index (χ2v) is 5.93. The number of carbonyl (C=O) groups excluding carboxylic acids is 1. The predicted octanol–water partition coefficient (Wildman–Crippen LogP) is 3.76. The fraction of sp³-hybridized carbons (Fsp3) is 0.154. The van der Waals surface area contributed by atoms with Gasteiger partial charge in [-0.3, -0.25) is 4.79 Å². The second kappa shape index (κ2) is 5.54. The van der Waals surface area contributed by atoms with E-state index in [-0.39, 0.29) is 5.78 Å². The molecule has 2 aromatic rings. The number of halogens is 1. The second-order valence-electron chi connectivity index (χ2n) is 3.47. The zero-order valence-electron chi connectivity index (χ0n) is 9.90. The number of ether oxygens (including phenoxy) is 2. The van der Waals surface area contributed by atoms with E-state index in [2.05, 4.69) is 15.9 Å². The van der Waals surface area contributed by atoms with E-state index in [1.54, 1.807) is 24.3 Å². The molecule has 0 unspecified atom stereocenters. The lowest BCUT2D eigenvalue weighted by atomic mass is 10.1. The van der Waals surface area contributed by atoms with Crippen molar-refractivity contribution in [2.75, 3.05) is 14.2 Å². The maximum absolute atomic E-state index is 12.4. The first kappa shape index (κ1) is 13.1. The minimum absolute atomic E-state index is 0.0972. The summed E-state index contributed by atoms with van der Waals surface area (Å²) in [7, 11) is 3.08. The van der Waals surface area contributed by atoms with Crippen molar-refractivity contribution in [1.29, 1.82) is 0 Å². The average Bonchev–Trinajstić information content (AvgIpc) is 2.83. The summed E-state index contributed by atoms with van der Waals surface area (Å²) in [6.07, 6.45) is 0. The average molecular weight is 327 g/mol. The Bertz CT molecular complexity index is 555. The van der Waals surface area contributed by atoms with Gasteiger partial charge in [0.25, 0.3) is 0 Å². The van der Waals surface area contributed by atoms with Crippen LogP contribution in [0.1, 0.15) is 15.2 Å². The predicted molar refractivity (Wildman–Crippen MR) is 75.0 cm³/mol. The van der Waals surface area contributed by atoms with Crippen molar-refractivity contribution in [3.63, 3.8) is 0 Å². The van der Waals surface area contributed by atoms with Gasteiger partial charge in [0.1, 0.15) is 17.1 Å². The zero-order valence-corrected chi connectivity index (χ0v) is 12.3. The minimum Gasteiger partial charge on any atom is -0.496 e. The summed E-state index contributed by atoms with van der Waals surface area (Å²) in [5, 5.41) is 0. The molecule has 5 heteroatoms. The van der Waals surface area contributed by atoms with Crippen molar-refractivity contribution >= 4 is 33.0 Å². The number of benzene rings is 1. The molecule has 3 nitrogen and oxygen atoms in total. The highest BCUT2D eigenvalue weighted by Crippen LogP contribution is 2.33. The molecule has 94 valence electrons. The number of carbonyl (C=O) groups is 1. The van der Waals surface area contributed by atoms with Gasteiger partial charge in [0.15, 0.2) is 0 Å². The summed E-state index contributed by atoms with van der Waals surface area (Å²) in [4.78, 5) is 13.1. The van der Waals surface area contributed by atoms with E-state index in [1.165, 1.54) is 25.6 Å². The fourth-order valence-electron chi connectivity index (χ4n) is 1.63. The topological polar surface area (TPSA) is 35.5 Å². The molecule has 1 heterocycles. The van der Waals surface area contributed by atoms with Crippen molar-refractivity contribution < 1.29 is 14.3 Å². The molecule has 0 aliphatic heterocycles. The van der Waals surface area contributed by atoms with Crippen molar-refractivity contribution in [3.05, 3.63) is 44.6 Å². The molecule has 0 saturated carbocycles. The van der Waals surface area contributed by atoms with Gasteiger partial charge in [0.05, 0.1) is 22.9 Å². The lowest BCUT2D eigenvalue weighted by molar-refractivity contribution is 0.103. The lowest BCUT2D eigenvalue weighted by Gasteiger charge is -2.10. The Labute approximate surface area is 117 Å². The summed E-state index contributed by atoms with van der Waals surface area (Å²) in [5.41, 5.74) is 0.455. The Morgan fingerprint density at radius 2 is 1.72 bits per heavy atom. The first-order chi connectivity index (χ1) is 8.67. The largest absolute Gasteiger partial charge is 0.496 e. The van der Waals surface area contributed by atoms with Crippen molar-refractivity contribution in [2.45, 2.75) is 0 Å². The van der Waals surface area contributed by atoms with Gasteiger partial charge in [-0.1, -0.05) is 6.07 Å². The minimum atomic E-state index is -0.0972. The first-order valence-electron chi connectivity index (χ1n) is 5.18. The van der Waals surface area contributed by atoms with Crippen LogP contribution < -0.4 is 9.47 Å². The number of hydrogen-bond acceptors (Lipinski definition) is 4. The third kappa shape index (κ3) is 2.42. The van der Waals surface area contributed by atoms with Crippen LogP contribution in [0.5, 0.6) is 11.5 Å². The highest BCUT2D eigenvalue weighted by atomic mass is 79.9. The third-order valence-electron chi connectivity index (χ3n) is 2.45. The summed E-state index contributed by atoms with van der Waals surface area (Å²) in [6, 6.07) is 8.92. The maximum Gasteiger partial charge on any atom is 0.210 e. The molecule has 0 spiro atoms. The van der Waals surface area contributed by atoms with Crippen LogP contribution in [-0.4, -0.2) is 20.0 Å². The highest BCUT2D eigenvalue weighted by Gasteiger charge is 2.20. The summed E-state index contributed by atoms with van der Waals surface area (Å²) < 4.78 is 11.4. The molecule has 0 radical (unpaired) electrons. The van der Waals surface area contributed by atoms with Gasteiger partial charge in [-0.15, -0.1) is 11.3 Å². The molecule has 2 rings (SSSR count). The van der Waals surface area contributed by atoms with Crippen molar-refractivity contribution in [1.82, 2.24) is 0 Å². The van der Waals surface area contributed by atoms with Crippen LogP contribution in [0, 0.1) is 0 Å². The molecule has 0 fully saturated rings. The first-order valence-corrected chi connectivity index (χ1v) is 6.79. The third-order valence-corrected chi connectivity index (χ3v) is 4.07. The Hall–Kier alpha value is -1.33. The van der Waals surface area contributed by atoms with Crippen LogP contribution in [0.15, 0.2) is 34.1 Å². The Kier molecular flexibility index (Phi) is 4.04. The van der Waals surface area contributed by atoms with Gasteiger partial charge in [-0.25, -0.2) is 0 Å². The number of ketones is 1. The van der Waals surface area contributed by atoms with Gasteiger partial charge in [0, 0.05) is 0 Å². The molecule has 1 aromatic heterocycles. The monoisotopic (exact) mass is 326 g/mol. The number of methoxy groups -OCH3 is 2. The van der Waals surface area contributed by atoms with E-state index >= 15 is 0 Å². The van der Waals surface area contributed by atoms with E-state index in [9.17, 15) is 4.79 Å². The Balaban J connectivity index is 2.52. The van der Waals surface area contributed by atoms with E-state index in [4.69, 9.17) is 9.47 Å². The summed E-state index contributed by atoms with van der Waals surface area (Å²) in [5.74, 6) is 0.938. The number of hydrogen-bond donors (Lipinski definition) is 0. The highest BCUT2D eigenvalue weighted by molar-refractivity contribution is 9.11. The molecular weight excluding hydrogens is 316 g/mol. The fourth-order valence-corrected chi connectivity index (χ4v) is 2.97. The zero-order chi connectivity index (χ0) is 13.1. The van der Waals surface area contributed by atoms with Gasteiger partial charge < -0.3 is 9.47 Å². The van der Waals surface area contributed by atoms with Crippen LogP contribution in [-0.2, 0) is 0 Å². The molecule has 18 heavy (non-hydrogen) atoms. The van der Waals surface area contributed by atoms with Crippen LogP contribution in [0.2, 0.25) is 0 Å². The number of rotatable bonds is 4. The van der Waals surface area contributed by atoms with Gasteiger partial charge >= 0.3 is 0 Å². The van der Waals surface area contributed by atoms with E-state index in [1.807, 2.05) is 6.07 Å². The van der Waals surface area contributed by atoms with Gasteiger partial charge in [-0.2, -0.15) is 0 Å². The molecule has 0 aliphatic rings. The van der Waals surface area contributed by atoms with Crippen LogP contribution in [0.4, 0.5) is 0 Å². The smallest absolute Gasteiger partial charge is 0.210 e. The molecule has 1 aromatic carbocycles. The lowest BCUT2D eigenvalue weighted by Crippen LogP contribution is -2.04. The van der Waals surface area contributed by atoms with Gasteiger partial charge in [-0.05, 0) is 40.2 Å². The molecule has 0 amide bonds. The Morgan fingerprint density at radius 1 is 1.11 bits per heavy atom. The maximum atomic E-state index is 12.4. The van der Waals surface area contributed by atoms with Crippen LogP contribution in [0.3, 0.4) is 0 Å². The molecule has 0 aliphatic carbocycles. The van der Waals surface area contributed by atoms with E-state index in [0.717, 1.165) is 3.79 Å². The molecule has 0 N–H and O–H groups in total. The van der Waals surface area contributed by atoms with E-state index in [0.29, 0.717) is 21.9 Å². The summed E-state index contributed by atoms with van der Waals surface area (Å²) in [6.45, 7) is 0. The molecule has 0 saturated heterocycles. The standard InChI is InChI=1S/C13H11BrO3S/c1-16-8-4-3-5-9(17-2)12(8)13(15)10-6-7-11(14)18-10/h3-7H,1-2H3. The van der Waals surface area contributed by atoms with Gasteiger partial charge in [0.2, 0.25) is 5.78 Å². The molecular formula is C13H11BrO3S.